The molecule has 0 aromatic heterocycles. The number of carbonyl (C=O) groups is 2. The lowest BCUT2D eigenvalue weighted by molar-refractivity contribution is -0.348. The van der Waals surface area contributed by atoms with Crippen LogP contribution >= 0.6 is 45.2 Å². The van der Waals surface area contributed by atoms with Crippen molar-refractivity contribution in [2.24, 2.45) is 0 Å². The number of carbonyl (C=O) groups excluding carboxylic acids is 2. The van der Waals surface area contributed by atoms with Crippen molar-refractivity contribution in [1.29, 1.82) is 5.26 Å². The van der Waals surface area contributed by atoms with Crippen molar-refractivity contribution in [2.75, 3.05) is 10.6 Å². The second kappa shape index (κ2) is 11.0. The highest BCUT2D eigenvalue weighted by atomic mass is 127. The molecular formula is C24H12F7I2N3O2. The third-order valence-corrected chi connectivity index (χ3v) is 6.82. The molecule has 3 rings (SSSR count). The number of rotatable bonds is 5. The van der Waals surface area contributed by atoms with Crippen molar-refractivity contribution < 1.29 is 40.3 Å². The molecule has 3 aromatic carbocycles. The molecule has 38 heavy (non-hydrogen) atoms. The monoisotopic (exact) mass is 761 g/mol. The van der Waals surface area contributed by atoms with Gasteiger partial charge >= 0.3 is 18.0 Å². The van der Waals surface area contributed by atoms with E-state index in [-0.39, 0.29) is 29.6 Å². The van der Waals surface area contributed by atoms with E-state index < -0.39 is 35.4 Å². The molecule has 0 aliphatic carbocycles. The summed E-state index contributed by atoms with van der Waals surface area (Å²) >= 11 is 2.79. The quantitative estimate of drug-likeness (QED) is 0.208. The number of nitrogens with zero attached hydrogens (tertiary/aromatic N) is 1. The van der Waals surface area contributed by atoms with E-state index in [0.29, 0.717) is 17.7 Å². The van der Waals surface area contributed by atoms with Crippen molar-refractivity contribution >= 4 is 68.4 Å². The lowest BCUT2D eigenvalue weighted by atomic mass is 9.94. The molecule has 0 spiro atoms. The zero-order valence-corrected chi connectivity index (χ0v) is 22.8. The van der Waals surface area contributed by atoms with Crippen molar-refractivity contribution in [3.05, 3.63) is 90.1 Å². The second-order valence-electron chi connectivity index (χ2n) is 7.65. The summed E-state index contributed by atoms with van der Waals surface area (Å²) < 4.78 is 92.8. The Morgan fingerprint density at radius 3 is 1.76 bits per heavy atom. The Kier molecular flexibility index (Phi) is 8.61. The topological polar surface area (TPSA) is 82.0 Å². The second-order valence-corrected chi connectivity index (χ2v) is 9.97. The van der Waals surface area contributed by atoms with Gasteiger partial charge in [0.25, 0.3) is 11.8 Å². The maximum Gasteiger partial charge on any atom is 0.435 e. The van der Waals surface area contributed by atoms with Crippen LogP contribution in [0.25, 0.3) is 0 Å². The molecule has 0 saturated carbocycles. The molecule has 2 amide bonds. The van der Waals surface area contributed by atoms with Crippen LogP contribution in [0.3, 0.4) is 0 Å². The fraction of sp³-hybridized carbons (Fsp3) is 0.125. The van der Waals surface area contributed by atoms with Crippen LogP contribution in [0.5, 0.6) is 0 Å². The lowest BCUT2D eigenvalue weighted by Gasteiger charge is -2.31. The first kappa shape index (κ1) is 29.6. The Morgan fingerprint density at radius 2 is 1.26 bits per heavy atom. The van der Waals surface area contributed by atoms with E-state index in [9.17, 15) is 40.3 Å². The Bertz CT molecular complexity index is 1400. The normalized spacial score (nSPS) is 12.0. The molecule has 0 atom stereocenters. The number of hydrogen-bond donors (Lipinski definition) is 2. The fourth-order valence-corrected chi connectivity index (χ4v) is 5.24. The first-order valence-electron chi connectivity index (χ1n) is 10.1. The van der Waals surface area contributed by atoms with Crippen LogP contribution in [-0.2, 0) is 5.67 Å². The van der Waals surface area contributed by atoms with Gasteiger partial charge in [-0.15, -0.1) is 0 Å². The van der Waals surface area contributed by atoms with Crippen molar-refractivity contribution in [1.82, 2.24) is 0 Å². The molecule has 0 bridgehead atoms. The molecule has 0 fully saturated rings. The van der Waals surface area contributed by atoms with Gasteiger partial charge in [-0.2, -0.15) is 31.6 Å². The highest BCUT2D eigenvalue weighted by molar-refractivity contribution is 14.1. The van der Waals surface area contributed by atoms with Gasteiger partial charge in [0.15, 0.2) is 0 Å². The summed E-state index contributed by atoms with van der Waals surface area (Å²) in [6.07, 6.45) is -12.5. The van der Waals surface area contributed by atoms with E-state index in [4.69, 9.17) is 5.26 Å². The summed E-state index contributed by atoms with van der Waals surface area (Å²) in [5.74, 6) is -1.32. The van der Waals surface area contributed by atoms with Crippen LogP contribution in [0.15, 0.2) is 60.7 Å². The highest BCUT2D eigenvalue weighted by Gasteiger charge is 2.73. The average molecular weight is 761 g/mol. The predicted molar refractivity (Wildman–Crippen MR) is 140 cm³/mol. The number of amides is 2. The van der Waals surface area contributed by atoms with Gasteiger partial charge in [0, 0.05) is 29.5 Å². The van der Waals surface area contributed by atoms with Crippen molar-refractivity contribution in [3.8, 4) is 6.07 Å². The molecule has 0 heterocycles. The first-order valence-corrected chi connectivity index (χ1v) is 12.3. The molecule has 14 heteroatoms. The van der Waals surface area contributed by atoms with Crippen molar-refractivity contribution in [3.63, 3.8) is 0 Å². The first-order chi connectivity index (χ1) is 17.6. The van der Waals surface area contributed by atoms with Gasteiger partial charge in [0.05, 0.1) is 17.3 Å². The van der Waals surface area contributed by atoms with Crippen LogP contribution in [0.2, 0.25) is 0 Å². The van der Waals surface area contributed by atoms with E-state index in [0.717, 1.165) is 0 Å². The minimum atomic E-state index is -6.27. The molecule has 0 radical (unpaired) electrons. The molecule has 0 aliphatic rings. The molecule has 198 valence electrons. The van der Waals surface area contributed by atoms with Gasteiger partial charge in [-0.3, -0.25) is 9.59 Å². The number of benzene rings is 3. The average Bonchev–Trinajstić information content (AvgIpc) is 2.84. The zero-order chi connectivity index (χ0) is 28.5. The summed E-state index contributed by atoms with van der Waals surface area (Å²) in [4.78, 5) is 25.2. The molecule has 0 saturated heterocycles. The predicted octanol–water partition coefficient (Wildman–Crippen LogP) is 7.56. The van der Waals surface area contributed by atoms with Crippen LogP contribution < -0.4 is 10.6 Å². The fourth-order valence-electron chi connectivity index (χ4n) is 3.20. The standard InChI is InChI=1S/C24H12F7I2N3O2/c25-22(23(26,27)28,24(29,30)31)15-9-17(32)19(18(33)10-15)36-21(38)14-2-1-3-16(8-14)35-20(37)13-6-4-12(11-34)5-7-13/h1-10H,(H,35,37)(H,36,38). The van der Waals surface area contributed by atoms with E-state index >= 15 is 0 Å². The number of alkyl halides is 7. The number of nitriles is 1. The smallest absolute Gasteiger partial charge is 0.322 e. The van der Waals surface area contributed by atoms with Gasteiger partial charge in [-0.05, 0) is 99.8 Å². The van der Waals surface area contributed by atoms with Gasteiger partial charge < -0.3 is 10.6 Å². The van der Waals surface area contributed by atoms with Crippen LogP contribution in [-0.4, -0.2) is 24.2 Å². The molecule has 2 N–H and O–H groups in total. The molecule has 5 nitrogen and oxygen atoms in total. The van der Waals surface area contributed by atoms with Crippen molar-refractivity contribution in [2.45, 2.75) is 18.0 Å². The highest BCUT2D eigenvalue weighted by Crippen LogP contribution is 2.54. The molecule has 3 aromatic rings. The minimum Gasteiger partial charge on any atom is -0.322 e. The number of hydrogen-bond acceptors (Lipinski definition) is 3. The Labute approximate surface area is 237 Å². The summed E-state index contributed by atoms with van der Waals surface area (Å²) in [6, 6.07) is 14.0. The van der Waals surface area contributed by atoms with Crippen LogP contribution in [0.1, 0.15) is 31.8 Å². The van der Waals surface area contributed by atoms with Gasteiger partial charge in [0.1, 0.15) is 0 Å². The number of halogens is 9. The summed E-state index contributed by atoms with van der Waals surface area (Å²) in [7, 11) is 0. The Hall–Kier alpha value is -2.94. The molecule has 0 unspecified atom stereocenters. The SMILES string of the molecule is N#Cc1ccc(C(=O)Nc2cccc(C(=O)Nc3c(I)cc(C(F)(C(F)(F)F)C(F)(F)F)cc3I)c2)cc1. The third kappa shape index (κ3) is 6.03. The van der Waals surface area contributed by atoms with Gasteiger partial charge in [0.2, 0.25) is 0 Å². The van der Waals surface area contributed by atoms with E-state index in [1.54, 1.807) is 0 Å². The Balaban J connectivity index is 1.85. The van der Waals surface area contributed by atoms with E-state index in [1.807, 2.05) is 6.07 Å². The van der Waals surface area contributed by atoms with Crippen LogP contribution in [0.4, 0.5) is 42.1 Å². The number of anilines is 2. The summed E-state index contributed by atoms with van der Waals surface area (Å²) in [5.41, 5.74) is -6.59. The summed E-state index contributed by atoms with van der Waals surface area (Å²) in [5, 5.41) is 13.8. The number of nitrogens with one attached hydrogen (secondary N) is 2. The molecule has 0 aliphatic heterocycles. The Morgan fingerprint density at radius 1 is 0.737 bits per heavy atom. The van der Waals surface area contributed by atoms with E-state index in [2.05, 4.69) is 10.6 Å². The maximum atomic E-state index is 14.5. The maximum absolute atomic E-state index is 14.5. The zero-order valence-electron chi connectivity index (χ0n) is 18.4. The van der Waals surface area contributed by atoms with Gasteiger partial charge in [-0.1, -0.05) is 6.07 Å². The third-order valence-electron chi connectivity index (χ3n) is 5.12. The van der Waals surface area contributed by atoms with Crippen LogP contribution in [0, 0.1) is 18.5 Å². The van der Waals surface area contributed by atoms with E-state index in [1.165, 1.54) is 93.7 Å². The van der Waals surface area contributed by atoms with Gasteiger partial charge in [-0.25, -0.2) is 4.39 Å². The summed E-state index contributed by atoms with van der Waals surface area (Å²) in [6.45, 7) is 0. The molecular weight excluding hydrogens is 749 g/mol. The lowest BCUT2D eigenvalue weighted by Crippen LogP contribution is -2.50. The largest absolute Gasteiger partial charge is 0.435 e. The minimum absolute atomic E-state index is 0.00345.